The smallest absolute Gasteiger partial charge is 0.353 e. The number of alkyl halides is 3. The molecular weight excluding hydrogens is 361 g/mol. The maximum absolute atomic E-state index is 13.0. The third kappa shape index (κ3) is 4.36. The number of aromatic nitrogens is 1. The van der Waals surface area contributed by atoms with Crippen LogP contribution in [0.15, 0.2) is 48.7 Å². The van der Waals surface area contributed by atoms with Crippen LogP contribution < -0.4 is 10.2 Å². The largest absolute Gasteiger partial charge is 0.418 e. The molecule has 142 valence electrons. The molecule has 1 saturated heterocycles. The van der Waals surface area contributed by atoms with Crippen molar-refractivity contribution in [2.24, 2.45) is 0 Å². The second-order valence-electron chi connectivity index (χ2n) is 5.96. The summed E-state index contributed by atoms with van der Waals surface area (Å²) in [7, 11) is 0. The minimum absolute atomic E-state index is 0.281. The molecular formula is C18H17F3N4O2. The van der Waals surface area contributed by atoms with E-state index in [4.69, 9.17) is 0 Å². The zero-order valence-corrected chi connectivity index (χ0v) is 14.2. The fourth-order valence-electron chi connectivity index (χ4n) is 2.84. The van der Waals surface area contributed by atoms with Crippen molar-refractivity contribution in [2.75, 3.05) is 36.4 Å². The average Bonchev–Trinajstić information content (AvgIpc) is 2.68. The lowest BCUT2D eigenvalue weighted by Crippen LogP contribution is -2.51. The summed E-state index contributed by atoms with van der Waals surface area (Å²) in [6, 6.07) is 10.0. The topological polar surface area (TPSA) is 65.5 Å². The Labute approximate surface area is 153 Å². The molecule has 1 aromatic heterocycles. The summed E-state index contributed by atoms with van der Waals surface area (Å²) >= 11 is 0. The van der Waals surface area contributed by atoms with E-state index in [-0.39, 0.29) is 13.1 Å². The van der Waals surface area contributed by atoms with E-state index in [0.29, 0.717) is 13.1 Å². The lowest BCUT2D eigenvalue weighted by Gasteiger charge is -2.35. The van der Waals surface area contributed by atoms with Gasteiger partial charge in [0, 0.05) is 32.4 Å². The van der Waals surface area contributed by atoms with E-state index in [9.17, 15) is 22.8 Å². The summed E-state index contributed by atoms with van der Waals surface area (Å²) in [6.07, 6.45) is -2.96. The lowest BCUT2D eigenvalue weighted by atomic mass is 10.1. The number of amides is 2. The van der Waals surface area contributed by atoms with E-state index in [1.54, 1.807) is 12.3 Å². The highest BCUT2D eigenvalue weighted by molar-refractivity contribution is 6.39. The predicted octanol–water partition coefficient (Wildman–Crippen LogP) is 2.39. The van der Waals surface area contributed by atoms with Gasteiger partial charge in [0.15, 0.2) is 0 Å². The molecule has 6 nitrogen and oxygen atoms in total. The van der Waals surface area contributed by atoms with Crippen LogP contribution in [0.3, 0.4) is 0 Å². The van der Waals surface area contributed by atoms with E-state index in [1.807, 2.05) is 17.0 Å². The monoisotopic (exact) mass is 378 g/mol. The van der Waals surface area contributed by atoms with Crippen molar-refractivity contribution in [2.45, 2.75) is 6.18 Å². The van der Waals surface area contributed by atoms with Gasteiger partial charge in [-0.15, -0.1) is 0 Å². The van der Waals surface area contributed by atoms with Crippen LogP contribution in [0.5, 0.6) is 0 Å². The average molecular weight is 378 g/mol. The van der Waals surface area contributed by atoms with Crippen molar-refractivity contribution < 1.29 is 22.8 Å². The molecule has 1 N–H and O–H groups in total. The van der Waals surface area contributed by atoms with Crippen molar-refractivity contribution in [1.82, 2.24) is 9.88 Å². The van der Waals surface area contributed by atoms with Gasteiger partial charge in [-0.05, 0) is 24.3 Å². The first kappa shape index (κ1) is 18.7. The van der Waals surface area contributed by atoms with E-state index < -0.39 is 29.2 Å². The van der Waals surface area contributed by atoms with Gasteiger partial charge in [0.25, 0.3) is 0 Å². The lowest BCUT2D eigenvalue weighted by molar-refractivity contribution is -0.143. The van der Waals surface area contributed by atoms with Crippen LogP contribution in [0.4, 0.5) is 24.7 Å². The summed E-state index contributed by atoms with van der Waals surface area (Å²) in [4.78, 5) is 32.0. The third-order valence-corrected chi connectivity index (χ3v) is 4.22. The molecule has 0 unspecified atom stereocenters. The third-order valence-electron chi connectivity index (χ3n) is 4.22. The fourth-order valence-corrected chi connectivity index (χ4v) is 2.84. The van der Waals surface area contributed by atoms with E-state index in [2.05, 4.69) is 10.3 Å². The summed E-state index contributed by atoms with van der Waals surface area (Å²) in [5.74, 6) is -1.17. The molecule has 0 aliphatic carbocycles. The van der Waals surface area contributed by atoms with Gasteiger partial charge in [-0.2, -0.15) is 13.2 Å². The Bertz CT molecular complexity index is 819. The molecule has 2 aromatic rings. The highest BCUT2D eigenvalue weighted by Crippen LogP contribution is 2.34. The fraction of sp³-hybridized carbons (Fsp3) is 0.278. The normalized spacial score (nSPS) is 14.8. The number of anilines is 2. The quantitative estimate of drug-likeness (QED) is 0.815. The molecule has 1 aliphatic rings. The van der Waals surface area contributed by atoms with Gasteiger partial charge in [0.05, 0.1) is 11.3 Å². The number of carbonyl (C=O) groups is 2. The summed E-state index contributed by atoms with van der Waals surface area (Å²) in [5.41, 5.74) is -1.43. The molecule has 1 aromatic carbocycles. The second kappa shape index (κ2) is 7.65. The van der Waals surface area contributed by atoms with Crippen molar-refractivity contribution >= 4 is 23.3 Å². The van der Waals surface area contributed by atoms with Crippen LogP contribution in [0.1, 0.15) is 5.56 Å². The van der Waals surface area contributed by atoms with Gasteiger partial charge in [-0.25, -0.2) is 4.98 Å². The SMILES string of the molecule is O=C(Nc1ccccc1C(F)(F)F)C(=O)N1CCN(c2ccccn2)CC1. The zero-order valence-electron chi connectivity index (χ0n) is 14.2. The first-order valence-corrected chi connectivity index (χ1v) is 8.29. The van der Waals surface area contributed by atoms with Crippen molar-refractivity contribution in [1.29, 1.82) is 0 Å². The van der Waals surface area contributed by atoms with Crippen molar-refractivity contribution in [3.8, 4) is 0 Å². The Hall–Kier alpha value is -3.10. The number of rotatable bonds is 2. The van der Waals surface area contributed by atoms with E-state index in [1.165, 1.54) is 17.0 Å². The number of nitrogens with one attached hydrogen (secondary N) is 1. The highest BCUT2D eigenvalue weighted by atomic mass is 19.4. The molecule has 2 heterocycles. The number of carbonyl (C=O) groups excluding carboxylic acids is 2. The molecule has 2 amide bonds. The van der Waals surface area contributed by atoms with Crippen LogP contribution in [-0.4, -0.2) is 47.9 Å². The van der Waals surface area contributed by atoms with Gasteiger partial charge in [-0.3, -0.25) is 9.59 Å². The molecule has 0 spiro atoms. The van der Waals surface area contributed by atoms with Gasteiger partial charge in [0.1, 0.15) is 5.82 Å². The number of hydrogen-bond donors (Lipinski definition) is 1. The molecule has 27 heavy (non-hydrogen) atoms. The summed E-state index contributed by atoms with van der Waals surface area (Å²) in [5, 5.41) is 2.08. The number of piperazine rings is 1. The molecule has 0 saturated carbocycles. The number of hydrogen-bond acceptors (Lipinski definition) is 4. The van der Waals surface area contributed by atoms with E-state index in [0.717, 1.165) is 18.0 Å². The Kier molecular flexibility index (Phi) is 5.29. The Morgan fingerprint density at radius 3 is 2.26 bits per heavy atom. The van der Waals surface area contributed by atoms with Crippen LogP contribution in [0, 0.1) is 0 Å². The number of pyridine rings is 1. The first-order chi connectivity index (χ1) is 12.9. The summed E-state index contributed by atoms with van der Waals surface area (Å²) in [6.45, 7) is 1.53. The maximum Gasteiger partial charge on any atom is 0.418 e. The Balaban J connectivity index is 1.62. The van der Waals surface area contributed by atoms with Crippen LogP contribution in [0.25, 0.3) is 0 Å². The molecule has 0 radical (unpaired) electrons. The van der Waals surface area contributed by atoms with Crippen molar-refractivity contribution in [3.05, 3.63) is 54.2 Å². The highest BCUT2D eigenvalue weighted by Gasteiger charge is 2.34. The van der Waals surface area contributed by atoms with Crippen molar-refractivity contribution in [3.63, 3.8) is 0 Å². The summed E-state index contributed by atoms with van der Waals surface area (Å²) < 4.78 is 39.0. The second-order valence-corrected chi connectivity index (χ2v) is 5.96. The number of para-hydroxylation sites is 1. The zero-order chi connectivity index (χ0) is 19.4. The van der Waals surface area contributed by atoms with Crippen LogP contribution in [-0.2, 0) is 15.8 Å². The molecule has 9 heteroatoms. The molecule has 0 atom stereocenters. The number of nitrogens with zero attached hydrogens (tertiary/aromatic N) is 3. The molecule has 3 rings (SSSR count). The Morgan fingerprint density at radius 2 is 1.63 bits per heavy atom. The van der Waals surface area contributed by atoms with Gasteiger partial charge in [-0.1, -0.05) is 18.2 Å². The van der Waals surface area contributed by atoms with Gasteiger partial charge >= 0.3 is 18.0 Å². The Morgan fingerprint density at radius 1 is 0.963 bits per heavy atom. The van der Waals surface area contributed by atoms with Crippen LogP contribution in [0.2, 0.25) is 0 Å². The minimum Gasteiger partial charge on any atom is -0.353 e. The standard InChI is InChI=1S/C18H17F3N4O2/c19-18(20,21)13-5-1-2-6-14(13)23-16(26)17(27)25-11-9-24(10-12-25)15-7-3-4-8-22-15/h1-8H,9-12H2,(H,23,26). The van der Waals surface area contributed by atoms with E-state index >= 15 is 0 Å². The molecule has 1 fully saturated rings. The minimum atomic E-state index is -4.62. The number of halogens is 3. The predicted molar refractivity (Wildman–Crippen MR) is 93.1 cm³/mol. The first-order valence-electron chi connectivity index (χ1n) is 8.29. The van der Waals surface area contributed by atoms with Gasteiger partial charge < -0.3 is 15.1 Å². The van der Waals surface area contributed by atoms with Crippen LogP contribution >= 0.6 is 0 Å². The van der Waals surface area contributed by atoms with Gasteiger partial charge in [0.2, 0.25) is 0 Å². The number of benzene rings is 1. The molecule has 0 bridgehead atoms. The molecule has 1 aliphatic heterocycles. The maximum atomic E-state index is 13.0.